The Bertz CT molecular complexity index is 2460. The minimum atomic E-state index is -1.22. The lowest BCUT2D eigenvalue weighted by atomic mass is 9.88. The fourth-order valence-electron chi connectivity index (χ4n) is 8.58. The Morgan fingerprint density at radius 1 is 0.642 bits per heavy atom. The van der Waals surface area contributed by atoms with Crippen LogP contribution in [0.4, 0.5) is 17.1 Å². The van der Waals surface area contributed by atoms with Crippen LogP contribution in [0, 0.1) is 0 Å². The molecule has 10 rings (SSSR count). The third kappa shape index (κ3) is 4.51. The molecule has 4 unspecified atom stereocenters. The summed E-state index contributed by atoms with van der Waals surface area (Å²) in [6.45, 7) is 1.94. The zero-order valence-electron chi connectivity index (χ0n) is 28.6. The Morgan fingerprint density at radius 2 is 1.30 bits per heavy atom. The number of aliphatic imine (C=N–C) groups is 2. The van der Waals surface area contributed by atoms with Gasteiger partial charge >= 0.3 is 0 Å². The first-order valence-corrected chi connectivity index (χ1v) is 17.8. The van der Waals surface area contributed by atoms with Crippen molar-refractivity contribution in [3.8, 4) is 0 Å². The highest BCUT2D eigenvalue weighted by Gasteiger charge is 2.56. The van der Waals surface area contributed by atoms with Crippen molar-refractivity contribution in [2.75, 3.05) is 9.80 Å². The number of allylic oxidation sites excluding steroid dienone is 8. The largest absolute Gasteiger partial charge is 0.325 e. The average Bonchev–Trinajstić information content (AvgIpc) is 3.31. The molecule has 0 spiro atoms. The molecule has 0 aromatic heterocycles. The predicted octanol–water partition coefficient (Wildman–Crippen LogP) is 6.01. The zero-order chi connectivity index (χ0) is 36.0. The summed E-state index contributed by atoms with van der Waals surface area (Å²) in [7, 11) is 0. The minimum Gasteiger partial charge on any atom is -0.325 e. The Morgan fingerprint density at radius 3 is 2.11 bits per heavy atom. The van der Waals surface area contributed by atoms with E-state index in [0.29, 0.717) is 58.1 Å². The molecule has 1 saturated heterocycles. The van der Waals surface area contributed by atoms with Gasteiger partial charge in [0.05, 0.1) is 45.9 Å². The number of nitrogens with zero attached hydrogens (tertiary/aromatic N) is 5. The third-order valence-corrected chi connectivity index (χ3v) is 11.0. The molecule has 2 aliphatic carbocycles. The van der Waals surface area contributed by atoms with Gasteiger partial charge in [0, 0.05) is 23.3 Å². The molecule has 2 bridgehead atoms. The molecule has 53 heavy (non-hydrogen) atoms. The standard InChI is InChI=1S/C43H32N6O4/c1-24-37-27-12-4-2-5-14-29(27)46-39(50)35(41(51)47(24)33-19-11-9-16-30(33)44-37)25-20-22-26(23-21-25)36-42(52)48-32-17-10-8-13-28(32)38-40(48)49(43(36)53)34-18-7-3-6-15-31(34)45-38/h2-11,13-17,19-24,35-36,40H,12,18H2,1H3,(H,46,50). The molecule has 3 aromatic rings. The second kappa shape index (κ2) is 11.7. The van der Waals surface area contributed by atoms with E-state index in [1.54, 1.807) is 39.0 Å². The maximum atomic E-state index is 14.7. The summed E-state index contributed by atoms with van der Waals surface area (Å²) in [6, 6.07) is 21.4. The number of nitrogens with one attached hydrogen (secondary N) is 1. The molecule has 3 aromatic carbocycles. The van der Waals surface area contributed by atoms with E-state index in [-0.39, 0.29) is 11.8 Å². The van der Waals surface area contributed by atoms with Crippen LogP contribution in [0.2, 0.25) is 0 Å². The molecule has 258 valence electrons. The highest BCUT2D eigenvalue weighted by atomic mass is 16.2. The lowest BCUT2D eigenvalue weighted by Gasteiger charge is -2.45. The van der Waals surface area contributed by atoms with Gasteiger partial charge in [0.1, 0.15) is 11.8 Å². The van der Waals surface area contributed by atoms with E-state index in [9.17, 15) is 19.2 Å². The topological polar surface area (TPSA) is 115 Å². The smallest absolute Gasteiger partial charge is 0.246 e. The fraction of sp³-hybridized carbons (Fsp3) is 0.163. The van der Waals surface area contributed by atoms with Crippen molar-refractivity contribution in [2.45, 2.75) is 43.8 Å². The van der Waals surface area contributed by atoms with Gasteiger partial charge in [-0.25, -0.2) is 9.98 Å². The normalized spacial score (nSPS) is 25.3. The van der Waals surface area contributed by atoms with Crippen molar-refractivity contribution in [1.29, 1.82) is 0 Å². The number of amides is 4. The highest BCUT2D eigenvalue weighted by molar-refractivity contribution is 6.28. The summed E-state index contributed by atoms with van der Waals surface area (Å²) >= 11 is 0. The van der Waals surface area contributed by atoms with Gasteiger partial charge in [-0.1, -0.05) is 91.1 Å². The second-order valence-electron chi connectivity index (χ2n) is 13.9. The van der Waals surface area contributed by atoms with Gasteiger partial charge < -0.3 is 10.2 Å². The molecule has 5 heterocycles. The van der Waals surface area contributed by atoms with E-state index in [2.05, 4.69) is 5.32 Å². The maximum Gasteiger partial charge on any atom is 0.246 e. The van der Waals surface area contributed by atoms with Crippen molar-refractivity contribution < 1.29 is 19.2 Å². The maximum absolute atomic E-state index is 14.7. The molecule has 1 N–H and O–H groups in total. The quantitative estimate of drug-likeness (QED) is 0.331. The van der Waals surface area contributed by atoms with Crippen LogP contribution in [0.25, 0.3) is 0 Å². The number of anilines is 2. The van der Waals surface area contributed by atoms with Crippen molar-refractivity contribution in [3.05, 3.63) is 161 Å². The highest BCUT2D eigenvalue weighted by Crippen LogP contribution is 2.46. The van der Waals surface area contributed by atoms with Gasteiger partial charge in [-0.2, -0.15) is 0 Å². The summed E-state index contributed by atoms with van der Waals surface area (Å²) in [4.78, 5) is 73.3. The van der Waals surface area contributed by atoms with Crippen LogP contribution in [-0.2, 0) is 19.2 Å². The zero-order valence-corrected chi connectivity index (χ0v) is 28.6. The second-order valence-corrected chi connectivity index (χ2v) is 13.9. The summed E-state index contributed by atoms with van der Waals surface area (Å²) in [5, 5.41) is 3.06. The third-order valence-electron chi connectivity index (χ3n) is 11.0. The number of para-hydroxylation sites is 3. The van der Waals surface area contributed by atoms with Crippen LogP contribution in [0.1, 0.15) is 48.3 Å². The lowest BCUT2D eigenvalue weighted by Crippen LogP contribution is -2.63. The Labute approximate surface area is 305 Å². The van der Waals surface area contributed by atoms with Crippen LogP contribution in [0.15, 0.2) is 154 Å². The molecule has 0 radical (unpaired) electrons. The predicted molar refractivity (Wildman–Crippen MR) is 201 cm³/mol. The number of carbonyl (C=O) groups excluding carboxylic acids is 4. The van der Waals surface area contributed by atoms with Crippen LogP contribution in [-0.4, -0.2) is 52.2 Å². The van der Waals surface area contributed by atoms with Gasteiger partial charge in [-0.05, 0) is 54.8 Å². The number of fused-ring (bicyclic) bond motifs is 9. The van der Waals surface area contributed by atoms with E-state index < -0.39 is 35.9 Å². The van der Waals surface area contributed by atoms with Crippen molar-refractivity contribution >= 4 is 52.1 Å². The number of benzene rings is 3. The summed E-state index contributed by atoms with van der Waals surface area (Å²) in [6.07, 6.45) is 15.7. The summed E-state index contributed by atoms with van der Waals surface area (Å²) < 4.78 is 0. The van der Waals surface area contributed by atoms with Gasteiger partial charge in [-0.15, -0.1) is 0 Å². The van der Waals surface area contributed by atoms with Crippen molar-refractivity contribution in [2.24, 2.45) is 9.98 Å². The molecule has 4 amide bonds. The number of hydrogen-bond donors (Lipinski definition) is 1. The molecular formula is C43H32N6O4. The van der Waals surface area contributed by atoms with Crippen molar-refractivity contribution in [1.82, 2.24) is 10.2 Å². The minimum absolute atomic E-state index is 0.338. The van der Waals surface area contributed by atoms with E-state index in [1.807, 2.05) is 104 Å². The van der Waals surface area contributed by atoms with Gasteiger partial charge in [0.2, 0.25) is 23.6 Å². The lowest BCUT2D eigenvalue weighted by molar-refractivity contribution is -0.141. The Kier molecular flexibility index (Phi) is 6.85. The molecule has 4 atom stereocenters. The van der Waals surface area contributed by atoms with Gasteiger partial charge in [-0.3, -0.25) is 29.0 Å². The first-order valence-electron chi connectivity index (χ1n) is 17.8. The molecule has 0 saturated carbocycles. The van der Waals surface area contributed by atoms with E-state index in [1.165, 1.54) is 0 Å². The monoisotopic (exact) mass is 696 g/mol. The van der Waals surface area contributed by atoms with Crippen LogP contribution in [0.5, 0.6) is 0 Å². The summed E-state index contributed by atoms with van der Waals surface area (Å²) in [5.74, 6) is -3.92. The van der Waals surface area contributed by atoms with Gasteiger partial charge in [0.15, 0.2) is 6.17 Å². The van der Waals surface area contributed by atoms with Gasteiger partial charge in [0.25, 0.3) is 0 Å². The van der Waals surface area contributed by atoms with Crippen molar-refractivity contribution in [3.63, 3.8) is 0 Å². The number of carbonyl (C=O) groups is 4. The molecule has 1 fully saturated rings. The fourth-order valence-corrected chi connectivity index (χ4v) is 8.58. The number of hydrogen-bond acceptors (Lipinski definition) is 6. The van der Waals surface area contributed by atoms with E-state index in [0.717, 1.165) is 22.5 Å². The average molecular weight is 697 g/mol. The molecule has 7 aliphatic rings. The molecule has 5 aliphatic heterocycles. The SMILES string of the molecule is CC1C2=Nc3ccccc3N1C(=O)C(c1ccc(C3C(=O)N4C5=C(C=CC=CC5)N=C5c6ccccc6N(C3=O)C54)cc1)C(=O)NC1=C2CC=CC=C1. The first-order chi connectivity index (χ1) is 25.9. The number of rotatable bonds is 2. The van der Waals surface area contributed by atoms with Crippen LogP contribution >= 0.6 is 0 Å². The Hall–Kier alpha value is -6.68. The Balaban J connectivity index is 1.06. The first kappa shape index (κ1) is 31.1. The molecular weight excluding hydrogens is 665 g/mol. The summed E-state index contributed by atoms with van der Waals surface area (Å²) in [5.41, 5.74) is 8.01. The van der Waals surface area contributed by atoms with E-state index in [4.69, 9.17) is 9.98 Å². The molecule has 10 heteroatoms. The van der Waals surface area contributed by atoms with Crippen LogP contribution in [0.3, 0.4) is 0 Å². The van der Waals surface area contributed by atoms with E-state index >= 15 is 0 Å². The van der Waals surface area contributed by atoms with Crippen LogP contribution < -0.4 is 15.1 Å². The molecule has 10 nitrogen and oxygen atoms in total.